The summed E-state index contributed by atoms with van der Waals surface area (Å²) in [5, 5.41) is 3.92. The van der Waals surface area contributed by atoms with Crippen LogP contribution in [0.2, 0.25) is 0 Å². The third kappa shape index (κ3) is 1.55. The van der Waals surface area contributed by atoms with Gasteiger partial charge < -0.3 is 8.94 Å². The largest absolute Gasteiger partial charge is 0.459 e. The van der Waals surface area contributed by atoms with Crippen molar-refractivity contribution >= 4 is 11.3 Å². The van der Waals surface area contributed by atoms with Crippen molar-refractivity contribution in [2.75, 3.05) is 0 Å². The Morgan fingerprint density at radius 2 is 2.19 bits per heavy atom. The van der Waals surface area contributed by atoms with E-state index in [-0.39, 0.29) is 0 Å². The lowest BCUT2D eigenvalue weighted by Gasteiger charge is -1.84. The van der Waals surface area contributed by atoms with Crippen molar-refractivity contribution < 1.29 is 8.94 Å². The fourth-order valence-corrected chi connectivity index (χ4v) is 2.17. The zero-order chi connectivity index (χ0) is 11.0. The Morgan fingerprint density at radius 3 is 2.88 bits per heavy atom. The molecule has 3 rings (SSSR count). The third-order valence-electron chi connectivity index (χ3n) is 2.12. The van der Waals surface area contributed by atoms with E-state index < -0.39 is 0 Å². The highest BCUT2D eigenvalue weighted by molar-refractivity contribution is 7.15. The van der Waals surface area contributed by atoms with Gasteiger partial charge in [0.2, 0.25) is 5.82 Å². The standard InChI is InChI=1S/C11H8N2O2S/c1-7-4-5-9(16-7)10-12-11(15-13-10)8-3-2-6-14-8/h2-6H,1H3. The zero-order valence-electron chi connectivity index (χ0n) is 8.51. The fraction of sp³-hybridized carbons (Fsp3) is 0.0909. The zero-order valence-corrected chi connectivity index (χ0v) is 9.32. The van der Waals surface area contributed by atoms with Gasteiger partial charge in [-0.3, -0.25) is 0 Å². The van der Waals surface area contributed by atoms with E-state index in [0.717, 1.165) is 4.88 Å². The van der Waals surface area contributed by atoms with Gasteiger partial charge in [0.1, 0.15) is 0 Å². The minimum atomic E-state index is 0.408. The number of aryl methyl sites for hydroxylation is 1. The Balaban J connectivity index is 2.00. The molecule has 0 aliphatic heterocycles. The van der Waals surface area contributed by atoms with Crippen LogP contribution in [0.4, 0.5) is 0 Å². The van der Waals surface area contributed by atoms with Crippen molar-refractivity contribution in [1.29, 1.82) is 0 Å². The molecule has 0 radical (unpaired) electrons. The quantitative estimate of drug-likeness (QED) is 0.679. The summed E-state index contributed by atoms with van der Waals surface area (Å²) >= 11 is 1.64. The maximum Gasteiger partial charge on any atom is 0.293 e. The molecule has 0 saturated carbocycles. The summed E-state index contributed by atoms with van der Waals surface area (Å²) in [6, 6.07) is 7.59. The Labute approximate surface area is 95.5 Å². The van der Waals surface area contributed by atoms with Gasteiger partial charge in [0.15, 0.2) is 5.76 Å². The average Bonchev–Trinajstić information content (AvgIpc) is 2.97. The van der Waals surface area contributed by atoms with Gasteiger partial charge in [-0.1, -0.05) is 5.16 Å². The highest BCUT2D eigenvalue weighted by atomic mass is 32.1. The van der Waals surface area contributed by atoms with Crippen LogP contribution in [-0.2, 0) is 0 Å². The Kier molecular flexibility index (Phi) is 2.11. The molecular formula is C11H8N2O2S. The van der Waals surface area contributed by atoms with E-state index in [1.54, 1.807) is 29.7 Å². The fourth-order valence-electron chi connectivity index (χ4n) is 1.38. The van der Waals surface area contributed by atoms with Crippen LogP contribution in [0.3, 0.4) is 0 Å². The second-order valence-electron chi connectivity index (χ2n) is 3.31. The normalized spacial score (nSPS) is 10.8. The highest BCUT2D eigenvalue weighted by Crippen LogP contribution is 2.27. The first-order valence-corrected chi connectivity index (χ1v) is 5.59. The van der Waals surface area contributed by atoms with Gasteiger partial charge in [-0.15, -0.1) is 11.3 Å². The van der Waals surface area contributed by atoms with Gasteiger partial charge in [0.25, 0.3) is 5.89 Å². The lowest BCUT2D eigenvalue weighted by molar-refractivity contribution is 0.417. The summed E-state index contributed by atoms with van der Waals surface area (Å²) in [4.78, 5) is 6.50. The van der Waals surface area contributed by atoms with E-state index in [1.165, 1.54) is 4.88 Å². The van der Waals surface area contributed by atoms with Crippen molar-refractivity contribution in [2.24, 2.45) is 0 Å². The van der Waals surface area contributed by atoms with Crippen molar-refractivity contribution in [1.82, 2.24) is 10.1 Å². The molecule has 0 amide bonds. The van der Waals surface area contributed by atoms with Gasteiger partial charge in [0, 0.05) is 4.88 Å². The summed E-state index contributed by atoms with van der Waals surface area (Å²) in [6.07, 6.45) is 1.58. The SMILES string of the molecule is Cc1ccc(-c2noc(-c3ccco3)n2)s1. The molecule has 0 fully saturated rings. The Bertz CT molecular complexity index is 595. The molecule has 0 aromatic carbocycles. The van der Waals surface area contributed by atoms with Crippen LogP contribution < -0.4 is 0 Å². The van der Waals surface area contributed by atoms with Crippen LogP contribution in [0, 0.1) is 6.92 Å². The number of hydrogen-bond acceptors (Lipinski definition) is 5. The van der Waals surface area contributed by atoms with Gasteiger partial charge in [0.05, 0.1) is 11.1 Å². The van der Waals surface area contributed by atoms with Crippen molar-refractivity contribution in [3.8, 4) is 22.4 Å². The molecule has 0 aliphatic carbocycles. The smallest absolute Gasteiger partial charge is 0.293 e. The first kappa shape index (κ1) is 9.35. The predicted molar refractivity (Wildman–Crippen MR) is 60.1 cm³/mol. The van der Waals surface area contributed by atoms with Crippen LogP contribution in [0.1, 0.15) is 4.88 Å². The molecule has 5 heteroatoms. The van der Waals surface area contributed by atoms with E-state index >= 15 is 0 Å². The van der Waals surface area contributed by atoms with Crippen LogP contribution >= 0.6 is 11.3 Å². The second-order valence-corrected chi connectivity index (χ2v) is 4.60. The topological polar surface area (TPSA) is 52.1 Å². The van der Waals surface area contributed by atoms with Crippen LogP contribution in [0.5, 0.6) is 0 Å². The molecule has 80 valence electrons. The van der Waals surface area contributed by atoms with Crippen molar-refractivity contribution in [3.63, 3.8) is 0 Å². The number of furan rings is 1. The molecule has 4 nitrogen and oxygen atoms in total. The Morgan fingerprint density at radius 1 is 1.25 bits per heavy atom. The number of hydrogen-bond donors (Lipinski definition) is 0. The lowest BCUT2D eigenvalue weighted by Crippen LogP contribution is -1.75. The molecule has 0 atom stereocenters. The van der Waals surface area contributed by atoms with Gasteiger partial charge >= 0.3 is 0 Å². The van der Waals surface area contributed by atoms with Crippen molar-refractivity contribution in [3.05, 3.63) is 35.4 Å². The van der Waals surface area contributed by atoms with Crippen molar-refractivity contribution in [2.45, 2.75) is 6.92 Å². The number of thiophene rings is 1. The van der Waals surface area contributed by atoms with Crippen LogP contribution in [-0.4, -0.2) is 10.1 Å². The molecule has 0 saturated heterocycles. The van der Waals surface area contributed by atoms with E-state index in [2.05, 4.69) is 10.1 Å². The minimum absolute atomic E-state index is 0.408. The van der Waals surface area contributed by atoms with Gasteiger partial charge in [-0.05, 0) is 31.2 Å². The third-order valence-corrected chi connectivity index (χ3v) is 3.12. The molecule has 0 N–H and O–H groups in total. The molecule has 0 spiro atoms. The first-order chi connectivity index (χ1) is 7.83. The van der Waals surface area contributed by atoms with E-state index in [4.69, 9.17) is 8.94 Å². The molecule has 3 aromatic heterocycles. The first-order valence-electron chi connectivity index (χ1n) is 4.77. The second kappa shape index (κ2) is 3.61. The summed E-state index contributed by atoms with van der Waals surface area (Å²) in [5.74, 6) is 1.60. The lowest BCUT2D eigenvalue weighted by atomic mass is 10.4. The number of aromatic nitrogens is 2. The maximum atomic E-state index is 5.18. The number of rotatable bonds is 2. The molecule has 0 aliphatic rings. The Hall–Kier alpha value is -1.88. The van der Waals surface area contributed by atoms with E-state index in [1.807, 2.05) is 19.1 Å². The van der Waals surface area contributed by atoms with Crippen LogP contribution in [0.15, 0.2) is 39.5 Å². The minimum Gasteiger partial charge on any atom is -0.459 e. The summed E-state index contributed by atoms with van der Waals surface area (Å²) in [6.45, 7) is 2.04. The molecular weight excluding hydrogens is 224 g/mol. The molecule has 0 bridgehead atoms. The molecule has 16 heavy (non-hydrogen) atoms. The molecule has 0 unspecified atom stereocenters. The van der Waals surface area contributed by atoms with E-state index in [9.17, 15) is 0 Å². The average molecular weight is 232 g/mol. The highest BCUT2D eigenvalue weighted by Gasteiger charge is 2.13. The van der Waals surface area contributed by atoms with Crippen LogP contribution in [0.25, 0.3) is 22.4 Å². The summed E-state index contributed by atoms with van der Waals surface area (Å²) < 4.78 is 10.3. The molecule has 3 aromatic rings. The number of nitrogens with zero attached hydrogens (tertiary/aromatic N) is 2. The monoisotopic (exact) mass is 232 g/mol. The van der Waals surface area contributed by atoms with Gasteiger partial charge in [-0.25, -0.2) is 0 Å². The summed E-state index contributed by atoms with van der Waals surface area (Å²) in [7, 11) is 0. The van der Waals surface area contributed by atoms with E-state index in [0.29, 0.717) is 17.5 Å². The maximum absolute atomic E-state index is 5.18. The summed E-state index contributed by atoms with van der Waals surface area (Å²) in [5.41, 5.74) is 0. The van der Waals surface area contributed by atoms with Gasteiger partial charge in [-0.2, -0.15) is 4.98 Å². The molecule has 3 heterocycles. The predicted octanol–water partition coefficient (Wildman–Crippen LogP) is 3.37.